The van der Waals surface area contributed by atoms with Crippen molar-refractivity contribution in [2.75, 3.05) is 11.9 Å². The van der Waals surface area contributed by atoms with E-state index in [1.165, 1.54) is 0 Å². The lowest BCUT2D eigenvalue weighted by Crippen LogP contribution is -2.10. The lowest BCUT2D eigenvalue weighted by atomic mass is 10.2. The lowest BCUT2D eigenvalue weighted by Gasteiger charge is -2.07. The molecular weight excluding hydrogens is 294 g/mol. The second-order valence-corrected chi connectivity index (χ2v) is 4.47. The summed E-state index contributed by atoms with van der Waals surface area (Å²) in [4.78, 5) is 22.9. The van der Waals surface area contributed by atoms with Crippen LogP contribution in [0.3, 0.4) is 0 Å². The number of halogens is 1. The average Bonchev–Trinajstić information content (AvgIpc) is 2.45. The van der Waals surface area contributed by atoms with Crippen LogP contribution >= 0.6 is 11.6 Å². The Morgan fingerprint density at radius 3 is 2.62 bits per heavy atom. The molecule has 0 radical (unpaired) electrons. The van der Waals surface area contributed by atoms with E-state index in [4.69, 9.17) is 22.1 Å². The number of nitrogens with two attached hydrogens (primary N) is 1. The number of rotatable bonds is 6. The van der Waals surface area contributed by atoms with Gasteiger partial charge in [0, 0.05) is 12.1 Å². The quantitative estimate of drug-likeness (QED) is 0.848. The van der Waals surface area contributed by atoms with E-state index in [0.717, 1.165) is 6.42 Å². The minimum atomic E-state index is -0.504. The highest BCUT2D eigenvalue weighted by Gasteiger charge is 2.07. The minimum absolute atomic E-state index is 0.0346. The second kappa shape index (κ2) is 6.85. The maximum absolute atomic E-state index is 11.0. The van der Waals surface area contributed by atoms with Gasteiger partial charge < -0.3 is 15.8 Å². The summed E-state index contributed by atoms with van der Waals surface area (Å²) in [7, 11) is 0. The summed E-state index contributed by atoms with van der Waals surface area (Å²) in [6.07, 6.45) is 0.925. The van der Waals surface area contributed by atoms with Crippen LogP contribution in [0.4, 0.5) is 5.95 Å². The van der Waals surface area contributed by atoms with Gasteiger partial charge in [-0.05, 0) is 42.3 Å². The van der Waals surface area contributed by atoms with Crippen LogP contribution < -0.4 is 15.8 Å². The molecule has 2 rings (SSSR count). The normalized spacial score (nSPS) is 10.2. The number of aromatic nitrogens is 3. The van der Waals surface area contributed by atoms with Crippen LogP contribution in [0.15, 0.2) is 24.3 Å². The third-order valence-electron chi connectivity index (χ3n) is 2.47. The van der Waals surface area contributed by atoms with Crippen LogP contribution in [0.1, 0.15) is 23.7 Å². The number of hydrogen-bond donors (Lipinski definition) is 2. The van der Waals surface area contributed by atoms with Crippen LogP contribution in [-0.2, 0) is 0 Å². The monoisotopic (exact) mass is 307 g/mol. The van der Waals surface area contributed by atoms with Gasteiger partial charge >= 0.3 is 6.01 Å². The van der Waals surface area contributed by atoms with Gasteiger partial charge in [0.05, 0.1) is 0 Å². The first kappa shape index (κ1) is 15.0. The molecule has 1 amide bonds. The molecule has 1 heterocycles. The van der Waals surface area contributed by atoms with E-state index < -0.39 is 5.91 Å². The van der Waals surface area contributed by atoms with Gasteiger partial charge in [0.25, 0.3) is 0 Å². The highest BCUT2D eigenvalue weighted by atomic mass is 35.5. The summed E-state index contributed by atoms with van der Waals surface area (Å²) in [5.41, 5.74) is 5.55. The molecule has 110 valence electrons. The number of amides is 1. The minimum Gasteiger partial charge on any atom is -0.424 e. The first-order valence-corrected chi connectivity index (χ1v) is 6.69. The van der Waals surface area contributed by atoms with Crippen LogP contribution in [0.5, 0.6) is 11.8 Å². The zero-order chi connectivity index (χ0) is 15.2. The van der Waals surface area contributed by atoms with E-state index in [-0.39, 0.29) is 11.3 Å². The van der Waals surface area contributed by atoms with Crippen molar-refractivity contribution >= 4 is 23.5 Å². The smallest absolute Gasteiger partial charge is 0.328 e. The third kappa shape index (κ3) is 4.28. The molecule has 1 aromatic carbocycles. The van der Waals surface area contributed by atoms with Gasteiger partial charge in [-0.2, -0.15) is 15.0 Å². The molecule has 0 saturated carbocycles. The van der Waals surface area contributed by atoms with Crippen molar-refractivity contribution in [2.45, 2.75) is 13.3 Å². The molecular formula is C13H14ClN5O2. The number of nitrogens with zero attached hydrogens (tertiary/aromatic N) is 3. The van der Waals surface area contributed by atoms with Crippen LogP contribution in [0.2, 0.25) is 5.28 Å². The molecule has 0 aliphatic carbocycles. The highest BCUT2D eigenvalue weighted by Crippen LogP contribution is 2.20. The molecule has 0 unspecified atom stereocenters. The molecule has 7 nitrogen and oxygen atoms in total. The van der Waals surface area contributed by atoms with Gasteiger partial charge in [-0.25, -0.2) is 0 Å². The van der Waals surface area contributed by atoms with Crippen LogP contribution in [-0.4, -0.2) is 27.4 Å². The topological polar surface area (TPSA) is 103 Å². The number of benzene rings is 1. The van der Waals surface area contributed by atoms with E-state index in [1.807, 2.05) is 6.92 Å². The molecule has 0 spiro atoms. The molecule has 0 saturated heterocycles. The van der Waals surface area contributed by atoms with E-state index in [2.05, 4.69) is 20.3 Å². The number of primary amides is 1. The fourth-order valence-corrected chi connectivity index (χ4v) is 1.64. The zero-order valence-electron chi connectivity index (χ0n) is 11.3. The SMILES string of the molecule is CCCNc1nc(Cl)nc(Oc2ccc(C(N)=O)cc2)n1. The van der Waals surface area contributed by atoms with Crippen molar-refractivity contribution in [3.63, 3.8) is 0 Å². The standard InChI is InChI=1S/C13H14ClN5O2/c1-2-7-16-12-17-11(14)18-13(19-12)21-9-5-3-8(4-6-9)10(15)20/h3-6H,2,7H2,1H3,(H2,15,20)(H,16,17,18,19). The second-order valence-electron chi connectivity index (χ2n) is 4.13. The Labute approximate surface area is 126 Å². The summed E-state index contributed by atoms with van der Waals surface area (Å²) in [6.45, 7) is 2.74. The molecule has 0 atom stereocenters. The van der Waals surface area contributed by atoms with Gasteiger partial charge in [-0.1, -0.05) is 6.92 Å². The first-order chi connectivity index (χ1) is 10.1. The summed E-state index contributed by atoms with van der Waals surface area (Å²) in [5.74, 6) is 0.306. The van der Waals surface area contributed by atoms with Gasteiger partial charge in [-0.15, -0.1) is 0 Å². The van der Waals surface area contributed by atoms with Gasteiger partial charge in [-0.3, -0.25) is 4.79 Å². The Hall–Kier alpha value is -2.41. The van der Waals surface area contributed by atoms with Gasteiger partial charge in [0.1, 0.15) is 5.75 Å². The maximum atomic E-state index is 11.0. The predicted octanol–water partition coefficient (Wildman–Crippen LogP) is 2.24. The summed E-state index contributed by atoms with van der Waals surface area (Å²) in [5, 5.41) is 3.03. The summed E-state index contributed by atoms with van der Waals surface area (Å²) < 4.78 is 5.48. The fourth-order valence-electron chi connectivity index (χ4n) is 1.49. The molecule has 0 fully saturated rings. The van der Waals surface area contributed by atoms with Crippen molar-refractivity contribution < 1.29 is 9.53 Å². The number of ether oxygens (including phenoxy) is 1. The predicted molar refractivity (Wildman–Crippen MR) is 78.7 cm³/mol. The molecule has 21 heavy (non-hydrogen) atoms. The van der Waals surface area contributed by atoms with Crippen molar-refractivity contribution in [3.8, 4) is 11.8 Å². The number of carbonyl (C=O) groups excluding carboxylic acids is 1. The Kier molecular flexibility index (Phi) is 4.89. The number of anilines is 1. The molecule has 3 N–H and O–H groups in total. The van der Waals surface area contributed by atoms with Crippen molar-refractivity contribution in [2.24, 2.45) is 5.73 Å². The lowest BCUT2D eigenvalue weighted by molar-refractivity contribution is 0.100. The Morgan fingerprint density at radius 2 is 2.00 bits per heavy atom. The number of nitrogens with one attached hydrogen (secondary N) is 1. The van der Waals surface area contributed by atoms with Crippen molar-refractivity contribution in [1.82, 2.24) is 15.0 Å². The number of hydrogen-bond acceptors (Lipinski definition) is 6. The summed E-state index contributed by atoms with van der Waals surface area (Å²) in [6, 6.07) is 6.36. The van der Waals surface area contributed by atoms with Crippen LogP contribution in [0.25, 0.3) is 0 Å². The molecule has 2 aromatic rings. The van der Waals surface area contributed by atoms with E-state index >= 15 is 0 Å². The number of carbonyl (C=O) groups is 1. The van der Waals surface area contributed by atoms with Crippen LogP contribution in [0, 0.1) is 0 Å². The molecule has 0 aliphatic heterocycles. The zero-order valence-corrected chi connectivity index (χ0v) is 12.1. The highest BCUT2D eigenvalue weighted by molar-refractivity contribution is 6.28. The van der Waals surface area contributed by atoms with Gasteiger partial charge in [0.15, 0.2) is 0 Å². The third-order valence-corrected chi connectivity index (χ3v) is 2.64. The van der Waals surface area contributed by atoms with Crippen molar-refractivity contribution in [1.29, 1.82) is 0 Å². The average molecular weight is 308 g/mol. The van der Waals surface area contributed by atoms with Crippen molar-refractivity contribution in [3.05, 3.63) is 35.1 Å². The fraction of sp³-hybridized carbons (Fsp3) is 0.231. The molecule has 0 aliphatic rings. The largest absolute Gasteiger partial charge is 0.424 e. The Balaban J connectivity index is 2.14. The first-order valence-electron chi connectivity index (χ1n) is 6.31. The van der Waals surface area contributed by atoms with E-state index in [9.17, 15) is 4.79 Å². The molecule has 8 heteroatoms. The Bertz CT molecular complexity index is 633. The van der Waals surface area contributed by atoms with Gasteiger partial charge in [0.2, 0.25) is 17.1 Å². The summed E-state index contributed by atoms with van der Waals surface area (Å²) >= 11 is 5.82. The molecule has 1 aromatic heterocycles. The van der Waals surface area contributed by atoms with E-state index in [1.54, 1.807) is 24.3 Å². The maximum Gasteiger partial charge on any atom is 0.328 e. The molecule has 0 bridgehead atoms. The van der Waals surface area contributed by atoms with E-state index in [0.29, 0.717) is 23.8 Å². The Morgan fingerprint density at radius 1 is 1.29 bits per heavy atom.